The number of carbonyl (C=O) groups excluding carboxylic acids is 1. The third-order valence-corrected chi connectivity index (χ3v) is 5.00. The van der Waals surface area contributed by atoms with E-state index in [1.807, 2.05) is 42.5 Å². The molecule has 5 nitrogen and oxygen atoms in total. The largest absolute Gasteiger partial charge is 0.454 e. The van der Waals surface area contributed by atoms with Gasteiger partial charge in [-0.3, -0.25) is 4.79 Å². The van der Waals surface area contributed by atoms with Crippen LogP contribution in [0.5, 0.6) is 11.5 Å². The van der Waals surface area contributed by atoms with Gasteiger partial charge in [0.25, 0.3) is 0 Å². The van der Waals surface area contributed by atoms with Crippen molar-refractivity contribution in [1.82, 2.24) is 5.43 Å². The monoisotopic (exact) mass is 406 g/mol. The minimum Gasteiger partial charge on any atom is -0.454 e. The van der Waals surface area contributed by atoms with Crippen molar-refractivity contribution in [3.05, 3.63) is 58.1 Å². The number of thioether (sulfide) groups is 1. The summed E-state index contributed by atoms with van der Waals surface area (Å²) in [5.74, 6) is 2.39. The van der Waals surface area contributed by atoms with Gasteiger partial charge in [-0.25, -0.2) is 5.43 Å². The van der Waals surface area contributed by atoms with Gasteiger partial charge >= 0.3 is 0 Å². The second-order valence-electron chi connectivity index (χ2n) is 4.99. The molecule has 2 aromatic rings. The number of hydrogen-bond acceptors (Lipinski definition) is 5. The molecule has 2 aromatic carbocycles. The fourth-order valence-electron chi connectivity index (χ4n) is 2.07. The van der Waals surface area contributed by atoms with Crippen LogP contribution in [0.1, 0.15) is 11.1 Å². The minimum atomic E-state index is -0.135. The van der Waals surface area contributed by atoms with E-state index in [4.69, 9.17) is 9.47 Å². The minimum absolute atomic E-state index is 0.135. The van der Waals surface area contributed by atoms with Gasteiger partial charge in [0.2, 0.25) is 12.7 Å². The van der Waals surface area contributed by atoms with Crippen LogP contribution in [0, 0.1) is 0 Å². The number of nitrogens with zero attached hydrogens (tertiary/aromatic N) is 1. The van der Waals surface area contributed by atoms with Crippen molar-refractivity contribution in [2.24, 2.45) is 5.10 Å². The number of fused-ring (bicyclic) bond motifs is 1. The first-order valence-corrected chi connectivity index (χ1v) is 9.20. The molecular formula is C17H15BrN2O3S. The van der Waals surface area contributed by atoms with Gasteiger partial charge in [0.1, 0.15) is 0 Å². The molecule has 0 saturated heterocycles. The lowest BCUT2D eigenvalue weighted by atomic mass is 10.2. The van der Waals surface area contributed by atoms with Gasteiger partial charge in [-0.2, -0.15) is 5.10 Å². The Morgan fingerprint density at radius 1 is 1.25 bits per heavy atom. The molecule has 24 heavy (non-hydrogen) atoms. The lowest BCUT2D eigenvalue weighted by Gasteiger charge is -2.03. The maximum absolute atomic E-state index is 11.8. The number of hydrazone groups is 1. The molecule has 0 bridgehead atoms. The SMILES string of the molecule is O=C(CSCc1ccccc1Br)N/N=C\c1ccc2c(c1)OCO2. The molecule has 124 valence electrons. The molecule has 1 heterocycles. The van der Waals surface area contributed by atoms with Crippen LogP contribution in [0.15, 0.2) is 52.0 Å². The third-order valence-electron chi connectivity index (χ3n) is 3.25. The van der Waals surface area contributed by atoms with Crippen molar-refractivity contribution in [1.29, 1.82) is 0 Å². The summed E-state index contributed by atoms with van der Waals surface area (Å²) >= 11 is 5.03. The maximum Gasteiger partial charge on any atom is 0.250 e. The van der Waals surface area contributed by atoms with Gasteiger partial charge in [-0.1, -0.05) is 34.1 Å². The molecule has 1 aliphatic rings. The molecule has 1 aliphatic heterocycles. The van der Waals surface area contributed by atoms with Crippen LogP contribution in [0.4, 0.5) is 0 Å². The number of hydrogen-bond donors (Lipinski definition) is 1. The molecule has 7 heteroatoms. The van der Waals surface area contributed by atoms with E-state index >= 15 is 0 Å². The number of amides is 1. The predicted octanol–water partition coefficient (Wildman–Crippen LogP) is 3.56. The van der Waals surface area contributed by atoms with Crippen molar-refractivity contribution in [2.45, 2.75) is 5.75 Å². The average Bonchev–Trinajstić information content (AvgIpc) is 3.04. The number of nitrogens with one attached hydrogen (secondary N) is 1. The normalized spacial score (nSPS) is 12.5. The van der Waals surface area contributed by atoms with Crippen molar-refractivity contribution in [3.8, 4) is 11.5 Å². The van der Waals surface area contributed by atoms with E-state index in [0.717, 1.165) is 21.5 Å². The Balaban J connectivity index is 1.43. The van der Waals surface area contributed by atoms with Crippen molar-refractivity contribution in [3.63, 3.8) is 0 Å². The number of halogens is 1. The van der Waals surface area contributed by atoms with Gasteiger partial charge in [0.15, 0.2) is 11.5 Å². The molecule has 0 aromatic heterocycles. The first-order valence-electron chi connectivity index (χ1n) is 7.25. The molecule has 1 amide bonds. The van der Waals surface area contributed by atoms with E-state index in [-0.39, 0.29) is 12.7 Å². The predicted molar refractivity (Wildman–Crippen MR) is 98.6 cm³/mol. The van der Waals surface area contributed by atoms with Gasteiger partial charge in [-0.05, 0) is 35.4 Å². The summed E-state index contributed by atoms with van der Waals surface area (Å²) in [4.78, 5) is 11.8. The molecule has 0 unspecified atom stereocenters. The van der Waals surface area contributed by atoms with E-state index < -0.39 is 0 Å². The van der Waals surface area contributed by atoms with Crippen LogP contribution in [-0.4, -0.2) is 24.7 Å². The first kappa shape index (κ1) is 16.9. The Bertz CT molecular complexity index is 767. The summed E-state index contributed by atoms with van der Waals surface area (Å²) in [6.07, 6.45) is 1.58. The second kappa shape index (κ2) is 8.21. The van der Waals surface area contributed by atoms with Crippen LogP contribution >= 0.6 is 27.7 Å². The van der Waals surface area contributed by atoms with Crippen LogP contribution in [0.3, 0.4) is 0 Å². The van der Waals surface area contributed by atoms with Crippen molar-refractivity contribution in [2.75, 3.05) is 12.5 Å². The number of carbonyl (C=O) groups is 1. The summed E-state index contributed by atoms with van der Waals surface area (Å²) in [6, 6.07) is 13.5. The molecule has 0 fully saturated rings. The summed E-state index contributed by atoms with van der Waals surface area (Å²) < 4.78 is 11.6. The summed E-state index contributed by atoms with van der Waals surface area (Å²) in [5, 5.41) is 3.97. The van der Waals surface area contributed by atoms with Crippen LogP contribution < -0.4 is 14.9 Å². The van der Waals surface area contributed by atoms with Gasteiger partial charge in [-0.15, -0.1) is 11.8 Å². The number of ether oxygens (including phenoxy) is 2. The van der Waals surface area contributed by atoms with E-state index in [1.54, 1.807) is 6.21 Å². The molecule has 0 atom stereocenters. The first-order chi connectivity index (χ1) is 11.7. The smallest absolute Gasteiger partial charge is 0.250 e. The summed E-state index contributed by atoms with van der Waals surface area (Å²) in [5.41, 5.74) is 4.53. The summed E-state index contributed by atoms with van der Waals surface area (Å²) in [7, 11) is 0. The summed E-state index contributed by atoms with van der Waals surface area (Å²) in [6.45, 7) is 0.238. The molecule has 0 radical (unpaired) electrons. The average molecular weight is 407 g/mol. The van der Waals surface area contributed by atoms with E-state index in [2.05, 4.69) is 26.5 Å². The Kier molecular flexibility index (Phi) is 5.77. The number of benzene rings is 2. The maximum atomic E-state index is 11.8. The Labute approximate surface area is 152 Å². The van der Waals surface area contributed by atoms with Crippen LogP contribution in [-0.2, 0) is 10.5 Å². The third kappa shape index (κ3) is 4.52. The van der Waals surface area contributed by atoms with Crippen LogP contribution in [0.25, 0.3) is 0 Å². The fraction of sp³-hybridized carbons (Fsp3) is 0.176. The second-order valence-corrected chi connectivity index (χ2v) is 6.83. The lowest BCUT2D eigenvalue weighted by molar-refractivity contribution is -0.118. The molecule has 0 saturated carbocycles. The lowest BCUT2D eigenvalue weighted by Crippen LogP contribution is -2.19. The zero-order valence-corrected chi connectivity index (χ0v) is 15.1. The highest BCUT2D eigenvalue weighted by Gasteiger charge is 2.12. The Morgan fingerprint density at radius 2 is 2.08 bits per heavy atom. The van der Waals surface area contributed by atoms with Crippen molar-refractivity contribution >= 4 is 39.8 Å². The van der Waals surface area contributed by atoms with E-state index in [9.17, 15) is 4.79 Å². The topological polar surface area (TPSA) is 59.9 Å². The van der Waals surface area contributed by atoms with Gasteiger partial charge in [0, 0.05) is 10.2 Å². The van der Waals surface area contributed by atoms with Gasteiger partial charge in [0.05, 0.1) is 12.0 Å². The van der Waals surface area contributed by atoms with Crippen molar-refractivity contribution < 1.29 is 14.3 Å². The number of rotatable bonds is 6. The van der Waals surface area contributed by atoms with E-state index in [1.165, 1.54) is 17.3 Å². The molecular weight excluding hydrogens is 392 g/mol. The Hall–Kier alpha value is -1.99. The highest BCUT2D eigenvalue weighted by Crippen LogP contribution is 2.31. The van der Waals surface area contributed by atoms with Gasteiger partial charge < -0.3 is 9.47 Å². The highest BCUT2D eigenvalue weighted by molar-refractivity contribution is 9.10. The molecule has 1 N–H and O–H groups in total. The standard InChI is InChI=1S/C17H15BrN2O3S/c18-14-4-2-1-3-13(14)9-24-10-17(21)20-19-8-12-5-6-15-16(7-12)23-11-22-15/h1-8H,9-11H2,(H,20,21)/b19-8-. The zero-order valence-electron chi connectivity index (χ0n) is 12.7. The molecule has 3 rings (SSSR count). The molecule has 0 aliphatic carbocycles. The molecule has 0 spiro atoms. The highest BCUT2D eigenvalue weighted by atomic mass is 79.9. The van der Waals surface area contributed by atoms with E-state index in [0.29, 0.717) is 11.5 Å². The zero-order chi connectivity index (χ0) is 16.8. The Morgan fingerprint density at radius 3 is 2.96 bits per heavy atom. The fourth-order valence-corrected chi connectivity index (χ4v) is 3.51. The quantitative estimate of drug-likeness (QED) is 0.588. The van der Waals surface area contributed by atoms with Crippen LogP contribution in [0.2, 0.25) is 0 Å².